The van der Waals surface area contributed by atoms with Crippen molar-refractivity contribution in [3.05, 3.63) is 53.1 Å². The zero-order valence-corrected chi connectivity index (χ0v) is 16.3. The highest BCUT2D eigenvalue weighted by molar-refractivity contribution is 5.91. The van der Waals surface area contributed by atoms with Crippen molar-refractivity contribution in [1.82, 2.24) is 5.32 Å². The van der Waals surface area contributed by atoms with Gasteiger partial charge in [-0.1, -0.05) is 38.1 Å². The Kier molecular flexibility index (Phi) is 7.49. The molecule has 0 aliphatic rings. The number of benzene rings is 2. The highest BCUT2D eigenvalue weighted by Gasteiger charge is 2.12. The van der Waals surface area contributed by atoms with Crippen molar-refractivity contribution < 1.29 is 19.4 Å². The van der Waals surface area contributed by atoms with Crippen molar-refractivity contribution in [3.8, 4) is 11.5 Å². The van der Waals surface area contributed by atoms with E-state index in [-0.39, 0.29) is 19.2 Å². The van der Waals surface area contributed by atoms with Crippen molar-refractivity contribution in [2.24, 2.45) is 0 Å². The lowest BCUT2D eigenvalue weighted by Crippen LogP contribution is -2.29. The number of aliphatic hydroxyl groups excluding tert-OH is 1. The molecule has 6 nitrogen and oxygen atoms in total. The van der Waals surface area contributed by atoms with Gasteiger partial charge in [0.2, 0.25) is 0 Å². The van der Waals surface area contributed by atoms with Gasteiger partial charge in [-0.25, -0.2) is 4.79 Å². The minimum Gasteiger partial charge on any atom is -0.493 e. The second-order valence-electron chi connectivity index (χ2n) is 6.56. The van der Waals surface area contributed by atoms with Gasteiger partial charge in [-0.15, -0.1) is 0 Å². The number of carbonyl (C=O) groups is 1. The van der Waals surface area contributed by atoms with Crippen LogP contribution in [0, 0.1) is 6.92 Å². The molecule has 0 heterocycles. The summed E-state index contributed by atoms with van der Waals surface area (Å²) in [5, 5.41) is 14.7. The van der Waals surface area contributed by atoms with Crippen LogP contribution in [0.1, 0.15) is 36.5 Å². The summed E-state index contributed by atoms with van der Waals surface area (Å²) >= 11 is 0. The van der Waals surface area contributed by atoms with Crippen molar-refractivity contribution in [3.63, 3.8) is 0 Å². The average molecular weight is 372 g/mol. The van der Waals surface area contributed by atoms with Gasteiger partial charge in [0, 0.05) is 12.2 Å². The number of amides is 2. The number of anilines is 1. The maximum absolute atomic E-state index is 12.4. The Morgan fingerprint density at radius 3 is 2.63 bits per heavy atom. The van der Waals surface area contributed by atoms with E-state index < -0.39 is 0 Å². The summed E-state index contributed by atoms with van der Waals surface area (Å²) in [4.78, 5) is 12.4. The third-order valence-corrected chi connectivity index (χ3v) is 4.20. The van der Waals surface area contributed by atoms with Crippen LogP contribution in [0.15, 0.2) is 36.4 Å². The summed E-state index contributed by atoms with van der Waals surface area (Å²) in [5.74, 6) is 1.43. The van der Waals surface area contributed by atoms with Gasteiger partial charge in [0.15, 0.2) is 11.5 Å². The summed E-state index contributed by atoms with van der Waals surface area (Å²) in [6.45, 7) is 6.67. The van der Waals surface area contributed by atoms with Crippen LogP contribution in [0.5, 0.6) is 11.5 Å². The van der Waals surface area contributed by atoms with E-state index in [0.29, 0.717) is 24.0 Å². The number of hydrogen-bond donors (Lipinski definition) is 3. The fraction of sp³-hybridized carbons (Fsp3) is 0.381. The summed E-state index contributed by atoms with van der Waals surface area (Å²) in [7, 11) is 1.55. The first-order chi connectivity index (χ1) is 13.0. The van der Waals surface area contributed by atoms with Crippen molar-refractivity contribution in [2.45, 2.75) is 33.2 Å². The van der Waals surface area contributed by atoms with Crippen LogP contribution in [0.25, 0.3) is 0 Å². The van der Waals surface area contributed by atoms with Gasteiger partial charge < -0.3 is 25.2 Å². The highest BCUT2D eigenvalue weighted by atomic mass is 16.5. The predicted molar refractivity (Wildman–Crippen MR) is 107 cm³/mol. The predicted octanol–water partition coefficient (Wildman–Crippen LogP) is 3.82. The van der Waals surface area contributed by atoms with Crippen LogP contribution >= 0.6 is 0 Å². The summed E-state index contributed by atoms with van der Waals surface area (Å²) < 4.78 is 10.7. The number of nitrogens with one attached hydrogen (secondary N) is 2. The van der Waals surface area contributed by atoms with Gasteiger partial charge in [0.25, 0.3) is 0 Å². The Morgan fingerprint density at radius 2 is 1.96 bits per heavy atom. The van der Waals surface area contributed by atoms with Gasteiger partial charge in [-0.05, 0) is 41.7 Å². The van der Waals surface area contributed by atoms with E-state index in [1.807, 2.05) is 31.2 Å². The first-order valence-corrected chi connectivity index (χ1v) is 9.01. The molecule has 0 unspecified atom stereocenters. The fourth-order valence-electron chi connectivity index (χ4n) is 2.78. The fourth-order valence-corrected chi connectivity index (χ4v) is 2.78. The maximum Gasteiger partial charge on any atom is 0.319 e. The van der Waals surface area contributed by atoms with Crippen LogP contribution in [0.2, 0.25) is 0 Å². The molecule has 0 spiro atoms. The van der Waals surface area contributed by atoms with Crippen molar-refractivity contribution >= 4 is 11.7 Å². The minimum atomic E-state index is -0.259. The molecule has 2 aromatic rings. The van der Waals surface area contributed by atoms with Crippen LogP contribution in [0.4, 0.5) is 10.5 Å². The average Bonchev–Trinajstić information content (AvgIpc) is 2.66. The summed E-state index contributed by atoms with van der Waals surface area (Å²) in [5.41, 5.74) is 3.88. The van der Waals surface area contributed by atoms with Crippen LogP contribution in [-0.2, 0) is 6.54 Å². The van der Waals surface area contributed by atoms with Crippen molar-refractivity contribution in [1.29, 1.82) is 0 Å². The minimum absolute atomic E-state index is 0.0656. The van der Waals surface area contributed by atoms with Gasteiger partial charge in [0.05, 0.1) is 13.7 Å². The molecule has 0 atom stereocenters. The van der Waals surface area contributed by atoms with E-state index in [9.17, 15) is 4.79 Å². The van der Waals surface area contributed by atoms with Gasteiger partial charge in [0.1, 0.15) is 6.61 Å². The first kappa shape index (κ1) is 20.6. The Morgan fingerprint density at radius 1 is 1.19 bits per heavy atom. The van der Waals surface area contributed by atoms with Gasteiger partial charge in [-0.2, -0.15) is 0 Å². The molecule has 0 saturated heterocycles. The quantitative estimate of drug-likeness (QED) is 0.658. The Balaban J connectivity index is 2.02. The SMILES string of the molecule is COc1cc(CNC(=O)Nc2c(C)cccc2C(C)C)ccc1OCCO. The molecule has 0 aliphatic carbocycles. The second-order valence-corrected chi connectivity index (χ2v) is 6.56. The lowest BCUT2D eigenvalue weighted by atomic mass is 9.98. The third kappa shape index (κ3) is 5.62. The molecule has 0 fully saturated rings. The molecule has 0 radical (unpaired) electrons. The first-order valence-electron chi connectivity index (χ1n) is 9.01. The number of carbonyl (C=O) groups excluding carboxylic acids is 1. The van der Waals surface area contributed by atoms with Crippen LogP contribution in [0.3, 0.4) is 0 Å². The Bertz CT molecular complexity index is 775. The highest BCUT2D eigenvalue weighted by Crippen LogP contribution is 2.29. The molecule has 2 amide bonds. The van der Waals surface area contributed by atoms with Gasteiger partial charge >= 0.3 is 6.03 Å². The van der Waals surface area contributed by atoms with Crippen LogP contribution < -0.4 is 20.1 Å². The smallest absolute Gasteiger partial charge is 0.319 e. The van der Waals surface area contributed by atoms with E-state index in [4.69, 9.17) is 14.6 Å². The van der Waals surface area contributed by atoms with E-state index >= 15 is 0 Å². The number of para-hydroxylation sites is 1. The lowest BCUT2D eigenvalue weighted by molar-refractivity contribution is 0.196. The molecule has 27 heavy (non-hydrogen) atoms. The molecule has 0 aromatic heterocycles. The molecule has 2 rings (SSSR count). The number of ether oxygens (including phenoxy) is 2. The standard InChI is InChI=1S/C21H28N2O4/c1-14(2)17-7-5-6-15(3)20(17)23-21(25)22-13-16-8-9-18(27-11-10-24)19(12-16)26-4/h5-9,12,14,24H,10-11,13H2,1-4H3,(H2,22,23,25). The van der Waals surface area contributed by atoms with E-state index in [2.05, 4.69) is 24.5 Å². The van der Waals surface area contributed by atoms with Crippen molar-refractivity contribution in [2.75, 3.05) is 25.6 Å². The molecule has 6 heteroatoms. The number of urea groups is 1. The monoisotopic (exact) mass is 372 g/mol. The Hall–Kier alpha value is -2.73. The Labute approximate surface area is 160 Å². The molecular weight excluding hydrogens is 344 g/mol. The summed E-state index contributed by atoms with van der Waals surface area (Å²) in [6, 6.07) is 11.2. The molecule has 2 aromatic carbocycles. The number of hydrogen-bond acceptors (Lipinski definition) is 4. The second kappa shape index (κ2) is 9.83. The zero-order valence-electron chi connectivity index (χ0n) is 16.3. The molecule has 0 aliphatic heterocycles. The normalized spacial score (nSPS) is 10.6. The number of aryl methyl sites for hydroxylation is 1. The van der Waals surface area contributed by atoms with Crippen LogP contribution in [-0.4, -0.2) is 31.5 Å². The number of rotatable bonds is 8. The zero-order chi connectivity index (χ0) is 19.8. The molecule has 0 bridgehead atoms. The summed E-state index contributed by atoms with van der Waals surface area (Å²) in [6.07, 6.45) is 0. The van der Waals surface area contributed by atoms with Gasteiger partial charge in [-0.3, -0.25) is 0 Å². The molecule has 0 saturated carbocycles. The van der Waals surface area contributed by atoms with E-state index in [1.54, 1.807) is 19.2 Å². The number of aliphatic hydroxyl groups is 1. The largest absolute Gasteiger partial charge is 0.493 e. The third-order valence-electron chi connectivity index (χ3n) is 4.20. The molecule has 3 N–H and O–H groups in total. The van der Waals surface area contributed by atoms with E-state index in [1.165, 1.54) is 0 Å². The maximum atomic E-state index is 12.4. The number of methoxy groups -OCH3 is 1. The molecular formula is C21H28N2O4. The van der Waals surface area contributed by atoms with E-state index in [0.717, 1.165) is 22.4 Å². The lowest BCUT2D eigenvalue weighted by Gasteiger charge is -2.17. The topological polar surface area (TPSA) is 79.8 Å². The molecule has 146 valence electrons.